The molecular weight excluding hydrogens is 286 g/mol. The molecule has 0 bridgehead atoms. The average molecular weight is 301 g/mol. The van der Waals surface area contributed by atoms with E-state index in [1.807, 2.05) is 6.07 Å². The first-order chi connectivity index (χ1) is 10.1. The number of para-hydroxylation sites is 1. The molecule has 0 atom stereocenters. The minimum absolute atomic E-state index is 0.0514. The van der Waals surface area contributed by atoms with E-state index in [-0.39, 0.29) is 11.5 Å². The Kier molecular flexibility index (Phi) is 4.99. The van der Waals surface area contributed by atoms with Crippen LogP contribution in [0.1, 0.15) is 12.0 Å². The summed E-state index contributed by atoms with van der Waals surface area (Å²) in [6.45, 7) is -0.0514. The van der Waals surface area contributed by atoms with Gasteiger partial charge in [0.05, 0.1) is 6.61 Å². The quantitative estimate of drug-likeness (QED) is 0.851. The van der Waals surface area contributed by atoms with Crippen molar-refractivity contribution in [3.63, 3.8) is 0 Å². The molecule has 0 fully saturated rings. The van der Waals surface area contributed by atoms with Gasteiger partial charge in [0.25, 0.3) is 10.0 Å². The molecule has 5 heteroatoms. The molecule has 2 rings (SSSR count). The van der Waals surface area contributed by atoms with Crippen molar-refractivity contribution in [2.45, 2.75) is 11.3 Å². The Morgan fingerprint density at radius 3 is 2.38 bits per heavy atom. The molecule has 0 aliphatic rings. The van der Waals surface area contributed by atoms with Crippen molar-refractivity contribution in [1.29, 1.82) is 0 Å². The van der Waals surface area contributed by atoms with Crippen molar-refractivity contribution in [1.82, 2.24) is 0 Å². The third-order valence-electron chi connectivity index (χ3n) is 2.66. The summed E-state index contributed by atoms with van der Waals surface area (Å²) in [5, 5.41) is 8.74. The van der Waals surface area contributed by atoms with Gasteiger partial charge in [-0.25, -0.2) is 8.42 Å². The highest BCUT2D eigenvalue weighted by Gasteiger charge is 2.17. The number of nitrogens with one attached hydrogen (secondary N) is 1. The van der Waals surface area contributed by atoms with Crippen molar-refractivity contribution in [2.75, 3.05) is 11.3 Å². The maximum atomic E-state index is 12.4. The second-order valence-corrected chi connectivity index (χ2v) is 5.89. The highest BCUT2D eigenvalue weighted by Crippen LogP contribution is 2.18. The van der Waals surface area contributed by atoms with E-state index >= 15 is 0 Å². The van der Waals surface area contributed by atoms with Crippen LogP contribution in [0.5, 0.6) is 0 Å². The van der Waals surface area contributed by atoms with Gasteiger partial charge < -0.3 is 5.11 Å². The highest BCUT2D eigenvalue weighted by molar-refractivity contribution is 7.92. The summed E-state index contributed by atoms with van der Waals surface area (Å²) < 4.78 is 27.4. The Bertz CT molecular complexity index is 759. The number of rotatable bonds is 4. The SMILES string of the molecule is O=S(=O)(Nc1ccccc1)c1ccccc1C#CCCO. The van der Waals surface area contributed by atoms with E-state index in [1.54, 1.807) is 42.5 Å². The third kappa shape index (κ3) is 4.09. The lowest BCUT2D eigenvalue weighted by Gasteiger charge is -2.09. The van der Waals surface area contributed by atoms with E-state index in [9.17, 15) is 8.42 Å². The molecule has 0 unspecified atom stereocenters. The lowest BCUT2D eigenvalue weighted by molar-refractivity contribution is 0.305. The van der Waals surface area contributed by atoms with Gasteiger partial charge in [-0.1, -0.05) is 42.2 Å². The topological polar surface area (TPSA) is 66.4 Å². The Balaban J connectivity index is 2.35. The molecule has 2 N–H and O–H groups in total. The van der Waals surface area contributed by atoms with Gasteiger partial charge in [0.15, 0.2) is 0 Å². The number of hydrogen-bond donors (Lipinski definition) is 2. The van der Waals surface area contributed by atoms with E-state index in [0.717, 1.165) is 0 Å². The van der Waals surface area contributed by atoms with Crippen LogP contribution in [0.3, 0.4) is 0 Å². The molecular formula is C16H15NO3S. The minimum Gasteiger partial charge on any atom is -0.395 e. The number of benzene rings is 2. The van der Waals surface area contributed by atoms with Crippen LogP contribution in [0.25, 0.3) is 0 Å². The minimum atomic E-state index is -3.70. The average Bonchev–Trinajstić information content (AvgIpc) is 2.48. The van der Waals surface area contributed by atoms with Crippen LogP contribution in [0.2, 0.25) is 0 Å². The molecule has 4 nitrogen and oxygen atoms in total. The number of aliphatic hydroxyl groups excluding tert-OH is 1. The van der Waals surface area contributed by atoms with Crippen molar-refractivity contribution >= 4 is 15.7 Å². The predicted molar refractivity (Wildman–Crippen MR) is 82.3 cm³/mol. The summed E-state index contributed by atoms with van der Waals surface area (Å²) in [6.07, 6.45) is 0.306. The summed E-state index contributed by atoms with van der Waals surface area (Å²) >= 11 is 0. The molecule has 0 saturated carbocycles. The molecule has 108 valence electrons. The summed E-state index contributed by atoms with van der Waals surface area (Å²) in [6, 6.07) is 15.2. The summed E-state index contributed by atoms with van der Waals surface area (Å²) in [5.41, 5.74) is 0.907. The molecule has 21 heavy (non-hydrogen) atoms. The van der Waals surface area contributed by atoms with Gasteiger partial charge in [0.2, 0.25) is 0 Å². The molecule has 2 aromatic carbocycles. The van der Waals surface area contributed by atoms with Gasteiger partial charge in [-0.2, -0.15) is 0 Å². The first kappa shape index (κ1) is 15.1. The fourth-order valence-electron chi connectivity index (χ4n) is 1.73. The van der Waals surface area contributed by atoms with E-state index in [4.69, 9.17) is 5.11 Å². The van der Waals surface area contributed by atoms with Crippen molar-refractivity contribution in [3.8, 4) is 11.8 Å². The van der Waals surface area contributed by atoms with Gasteiger partial charge in [0.1, 0.15) is 4.90 Å². The van der Waals surface area contributed by atoms with E-state index in [2.05, 4.69) is 16.6 Å². The molecule has 0 aliphatic carbocycles. The number of sulfonamides is 1. The van der Waals surface area contributed by atoms with E-state index < -0.39 is 10.0 Å². The maximum Gasteiger partial charge on any atom is 0.263 e. The number of anilines is 1. The second-order valence-electron chi connectivity index (χ2n) is 4.24. The molecule has 0 aliphatic heterocycles. The zero-order valence-corrected chi connectivity index (χ0v) is 12.1. The monoisotopic (exact) mass is 301 g/mol. The number of hydrogen-bond acceptors (Lipinski definition) is 3. The third-order valence-corrected chi connectivity index (χ3v) is 4.10. The van der Waals surface area contributed by atoms with Gasteiger partial charge in [-0.3, -0.25) is 4.72 Å². The first-order valence-corrected chi connectivity index (χ1v) is 7.88. The van der Waals surface area contributed by atoms with E-state index in [0.29, 0.717) is 17.7 Å². The molecule has 0 radical (unpaired) electrons. The molecule has 0 saturated heterocycles. The fraction of sp³-hybridized carbons (Fsp3) is 0.125. The predicted octanol–water partition coefficient (Wildman–Crippen LogP) is 2.22. The Morgan fingerprint density at radius 2 is 1.67 bits per heavy atom. The van der Waals surface area contributed by atoms with Gasteiger partial charge in [-0.05, 0) is 24.3 Å². The lowest BCUT2D eigenvalue weighted by Crippen LogP contribution is -2.14. The summed E-state index contributed by atoms with van der Waals surface area (Å²) in [4.78, 5) is 0.124. The van der Waals surface area contributed by atoms with Crippen LogP contribution in [0.4, 0.5) is 5.69 Å². The van der Waals surface area contributed by atoms with Crippen LogP contribution >= 0.6 is 0 Å². The van der Waals surface area contributed by atoms with Crippen LogP contribution in [-0.2, 0) is 10.0 Å². The van der Waals surface area contributed by atoms with Crippen molar-refractivity contribution < 1.29 is 13.5 Å². The first-order valence-electron chi connectivity index (χ1n) is 6.40. The number of aliphatic hydroxyl groups is 1. The zero-order valence-electron chi connectivity index (χ0n) is 11.3. The molecule has 0 spiro atoms. The smallest absolute Gasteiger partial charge is 0.263 e. The largest absolute Gasteiger partial charge is 0.395 e. The van der Waals surface area contributed by atoms with Crippen LogP contribution in [0.15, 0.2) is 59.5 Å². The van der Waals surface area contributed by atoms with Crippen molar-refractivity contribution in [3.05, 3.63) is 60.2 Å². The van der Waals surface area contributed by atoms with Crippen LogP contribution in [0, 0.1) is 11.8 Å². The highest BCUT2D eigenvalue weighted by atomic mass is 32.2. The van der Waals surface area contributed by atoms with Gasteiger partial charge in [0, 0.05) is 17.7 Å². The van der Waals surface area contributed by atoms with Gasteiger partial charge in [-0.15, -0.1) is 0 Å². The zero-order chi connectivity index (χ0) is 15.1. The standard InChI is InChI=1S/C16H15NO3S/c18-13-7-6-9-14-8-4-5-12-16(14)21(19,20)17-15-10-2-1-3-11-15/h1-5,8,10-12,17-18H,7,13H2. The Labute approximate surface area is 124 Å². The Hall–Kier alpha value is -2.29. The van der Waals surface area contributed by atoms with Crippen LogP contribution < -0.4 is 4.72 Å². The second kappa shape index (κ2) is 6.93. The molecule has 0 amide bonds. The normalized spacial score (nSPS) is 10.5. The van der Waals surface area contributed by atoms with E-state index in [1.165, 1.54) is 6.07 Å². The summed E-state index contributed by atoms with van der Waals surface area (Å²) in [7, 11) is -3.70. The molecule has 0 aromatic heterocycles. The lowest BCUT2D eigenvalue weighted by atomic mass is 10.2. The molecule has 2 aromatic rings. The molecule has 0 heterocycles. The summed E-state index contributed by atoms with van der Waals surface area (Å²) in [5.74, 6) is 5.51. The fourth-order valence-corrected chi connectivity index (χ4v) is 2.96. The van der Waals surface area contributed by atoms with Crippen molar-refractivity contribution in [2.24, 2.45) is 0 Å². The van der Waals surface area contributed by atoms with Crippen LogP contribution in [-0.4, -0.2) is 20.1 Å². The Morgan fingerprint density at radius 1 is 1.00 bits per heavy atom. The van der Waals surface area contributed by atoms with Gasteiger partial charge >= 0.3 is 0 Å². The maximum absolute atomic E-state index is 12.4.